The molecule has 0 radical (unpaired) electrons. The molecule has 0 spiro atoms. The van der Waals surface area contributed by atoms with E-state index in [-0.39, 0.29) is 17.9 Å². The van der Waals surface area contributed by atoms with E-state index in [9.17, 15) is 14.7 Å². The number of aromatic carboxylic acids is 1. The molecule has 6 heteroatoms. The molecule has 3 atom stereocenters. The van der Waals surface area contributed by atoms with E-state index >= 15 is 0 Å². The third kappa shape index (κ3) is 7.86. The van der Waals surface area contributed by atoms with Crippen LogP contribution in [-0.4, -0.2) is 45.7 Å². The monoisotopic (exact) mass is 479 g/mol. The second kappa shape index (κ2) is 13.1. The van der Waals surface area contributed by atoms with Crippen LogP contribution in [0, 0.1) is 17.8 Å². The van der Waals surface area contributed by atoms with E-state index in [1.165, 1.54) is 16.9 Å². The van der Waals surface area contributed by atoms with Crippen LogP contribution < -0.4 is 0 Å². The van der Waals surface area contributed by atoms with Gasteiger partial charge in [-0.3, -0.25) is 4.79 Å². The molecule has 34 heavy (non-hydrogen) atoms. The Morgan fingerprint density at radius 3 is 2.74 bits per heavy atom. The minimum Gasteiger partial charge on any atom is -0.477 e. The average Bonchev–Trinajstić information content (AvgIpc) is 3.45. The fourth-order valence-corrected chi connectivity index (χ4v) is 4.91. The minimum atomic E-state index is -0.901. The number of carbonyl (C=O) groups excluding carboxylic acids is 1. The lowest BCUT2D eigenvalue weighted by molar-refractivity contribution is -0.128. The summed E-state index contributed by atoms with van der Waals surface area (Å²) in [5, 5.41) is 19.6. The van der Waals surface area contributed by atoms with Crippen molar-refractivity contribution < 1.29 is 19.8 Å². The number of benzene rings is 1. The largest absolute Gasteiger partial charge is 0.477 e. The zero-order chi connectivity index (χ0) is 24.3. The van der Waals surface area contributed by atoms with Crippen molar-refractivity contribution in [1.29, 1.82) is 0 Å². The molecule has 2 aromatic rings. The number of rotatable bonds is 11. The van der Waals surface area contributed by atoms with Crippen LogP contribution >= 0.6 is 11.3 Å². The number of aliphatic hydroxyl groups excluding tert-OH is 1. The molecule has 1 aromatic heterocycles. The van der Waals surface area contributed by atoms with E-state index in [1.54, 1.807) is 6.07 Å². The summed E-state index contributed by atoms with van der Waals surface area (Å²) in [7, 11) is 0. The van der Waals surface area contributed by atoms with E-state index < -0.39 is 12.1 Å². The maximum Gasteiger partial charge on any atom is 0.345 e. The molecule has 1 aliphatic rings. The summed E-state index contributed by atoms with van der Waals surface area (Å²) in [6.07, 6.45) is 8.37. The van der Waals surface area contributed by atoms with Crippen molar-refractivity contribution in [3.63, 3.8) is 0 Å². The Hall–Kier alpha value is -2.88. The van der Waals surface area contributed by atoms with Gasteiger partial charge in [0.1, 0.15) is 4.88 Å². The van der Waals surface area contributed by atoms with Crippen molar-refractivity contribution in [3.8, 4) is 11.8 Å². The molecule has 0 aliphatic carbocycles. The Bertz CT molecular complexity index is 1030. The first kappa shape index (κ1) is 25.7. The second-order valence-corrected chi connectivity index (χ2v) is 9.93. The van der Waals surface area contributed by atoms with Gasteiger partial charge in [0.25, 0.3) is 0 Å². The van der Waals surface area contributed by atoms with Crippen LogP contribution in [0.2, 0.25) is 0 Å². The molecule has 2 N–H and O–H groups in total. The number of hydrogen-bond acceptors (Lipinski definition) is 4. The van der Waals surface area contributed by atoms with Crippen molar-refractivity contribution in [1.82, 2.24) is 4.90 Å². The van der Waals surface area contributed by atoms with Gasteiger partial charge in [-0.25, -0.2) is 4.79 Å². The molecular weight excluding hydrogens is 446 g/mol. The second-order valence-electron chi connectivity index (χ2n) is 8.76. The summed E-state index contributed by atoms with van der Waals surface area (Å²) in [4.78, 5) is 26.6. The highest BCUT2D eigenvalue weighted by Gasteiger charge is 2.28. The predicted molar refractivity (Wildman–Crippen MR) is 136 cm³/mol. The number of thiophene rings is 1. The maximum atomic E-state index is 12.3. The summed E-state index contributed by atoms with van der Waals surface area (Å²) in [6, 6.07) is 13.8. The van der Waals surface area contributed by atoms with Gasteiger partial charge < -0.3 is 15.1 Å². The van der Waals surface area contributed by atoms with Crippen LogP contribution in [-0.2, 0) is 17.6 Å². The van der Waals surface area contributed by atoms with Crippen molar-refractivity contribution in [2.75, 3.05) is 6.54 Å². The SMILES string of the molecule is C[C@@H](CC#CCCc1ccccc1)[C@@H](O)C=C[C@H]1CCC(=O)N1CCCc1ccc(C(=O)O)s1. The number of nitrogens with zero attached hydrogens (tertiary/aromatic N) is 1. The van der Waals surface area contributed by atoms with E-state index in [2.05, 4.69) is 24.0 Å². The summed E-state index contributed by atoms with van der Waals surface area (Å²) in [5.41, 5.74) is 1.28. The first-order valence-electron chi connectivity index (χ1n) is 11.9. The molecule has 3 rings (SSSR count). The number of amides is 1. The molecule has 1 aromatic carbocycles. The molecule has 2 heterocycles. The summed E-state index contributed by atoms with van der Waals surface area (Å²) >= 11 is 1.29. The summed E-state index contributed by atoms with van der Waals surface area (Å²) in [6.45, 7) is 2.62. The van der Waals surface area contributed by atoms with Gasteiger partial charge in [-0.2, -0.15) is 0 Å². The smallest absolute Gasteiger partial charge is 0.345 e. The Balaban J connectivity index is 1.41. The quantitative estimate of drug-likeness (QED) is 0.353. The third-order valence-electron chi connectivity index (χ3n) is 6.11. The summed E-state index contributed by atoms with van der Waals surface area (Å²) < 4.78 is 0. The van der Waals surface area contributed by atoms with Crippen LogP contribution in [0.15, 0.2) is 54.6 Å². The van der Waals surface area contributed by atoms with Crippen LogP contribution in [0.25, 0.3) is 0 Å². The number of aliphatic hydroxyl groups is 1. The molecule has 0 bridgehead atoms. The predicted octanol–water partition coefficient (Wildman–Crippen LogP) is 4.95. The number of carboxylic acids is 1. The number of likely N-dealkylation sites (tertiary alicyclic amines) is 1. The molecule has 1 fully saturated rings. The minimum absolute atomic E-state index is 0.00391. The molecule has 0 unspecified atom stereocenters. The normalized spacial score (nSPS) is 17.5. The molecular formula is C28H33NO4S. The number of aryl methyl sites for hydroxylation is 2. The maximum absolute atomic E-state index is 12.3. The third-order valence-corrected chi connectivity index (χ3v) is 7.25. The van der Waals surface area contributed by atoms with Gasteiger partial charge >= 0.3 is 5.97 Å². The van der Waals surface area contributed by atoms with E-state index in [1.807, 2.05) is 48.2 Å². The van der Waals surface area contributed by atoms with E-state index in [0.717, 1.165) is 37.0 Å². The highest BCUT2D eigenvalue weighted by molar-refractivity contribution is 7.13. The van der Waals surface area contributed by atoms with Gasteiger partial charge in [0.2, 0.25) is 5.91 Å². The lowest BCUT2D eigenvalue weighted by Crippen LogP contribution is -2.33. The molecule has 180 valence electrons. The van der Waals surface area contributed by atoms with Crippen LogP contribution in [0.3, 0.4) is 0 Å². The van der Waals surface area contributed by atoms with Crippen LogP contribution in [0.5, 0.6) is 0 Å². The van der Waals surface area contributed by atoms with Crippen molar-refractivity contribution in [2.45, 2.75) is 64.0 Å². The Labute approximate surface area is 206 Å². The van der Waals surface area contributed by atoms with E-state index in [0.29, 0.717) is 24.3 Å². The van der Waals surface area contributed by atoms with Gasteiger partial charge in [0.05, 0.1) is 12.1 Å². The van der Waals surface area contributed by atoms with Crippen molar-refractivity contribution in [3.05, 3.63) is 69.9 Å². The van der Waals surface area contributed by atoms with Crippen molar-refractivity contribution >= 4 is 23.2 Å². The lowest BCUT2D eigenvalue weighted by atomic mass is 9.99. The number of carbonyl (C=O) groups is 2. The Morgan fingerprint density at radius 2 is 2.00 bits per heavy atom. The molecule has 1 saturated heterocycles. The highest BCUT2D eigenvalue weighted by Crippen LogP contribution is 2.23. The number of hydrogen-bond donors (Lipinski definition) is 2. The Morgan fingerprint density at radius 1 is 1.21 bits per heavy atom. The van der Waals surface area contributed by atoms with Crippen LogP contribution in [0.4, 0.5) is 0 Å². The van der Waals surface area contributed by atoms with Gasteiger partial charge in [-0.15, -0.1) is 23.2 Å². The average molecular weight is 480 g/mol. The van der Waals surface area contributed by atoms with Gasteiger partial charge in [0.15, 0.2) is 0 Å². The fourth-order valence-electron chi connectivity index (χ4n) is 4.02. The molecule has 1 amide bonds. The lowest BCUT2D eigenvalue weighted by Gasteiger charge is -2.23. The fraction of sp³-hybridized carbons (Fsp3) is 0.429. The van der Waals surface area contributed by atoms with Gasteiger partial charge in [0, 0.05) is 30.7 Å². The van der Waals surface area contributed by atoms with Crippen molar-refractivity contribution in [2.24, 2.45) is 5.92 Å². The molecule has 0 saturated carbocycles. The van der Waals surface area contributed by atoms with Gasteiger partial charge in [-0.05, 0) is 49.3 Å². The van der Waals surface area contributed by atoms with E-state index in [4.69, 9.17) is 5.11 Å². The zero-order valence-corrected chi connectivity index (χ0v) is 20.5. The number of carboxylic acid groups (broad SMARTS) is 1. The topological polar surface area (TPSA) is 77.8 Å². The van der Waals surface area contributed by atoms with Gasteiger partial charge in [-0.1, -0.05) is 49.4 Å². The first-order valence-corrected chi connectivity index (χ1v) is 12.7. The molecule has 1 aliphatic heterocycles. The van der Waals surface area contributed by atoms with Crippen LogP contribution in [0.1, 0.15) is 59.1 Å². The Kier molecular flexibility index (Phi) is 9.93. The highest BCUT2D eigenvalue weighted by atomic mass is 32.1. The first-order chi connectivity index (χ1) is 16.4. The summed E-state index contributed by atoms with van der Waals surface area (Å²) in [5.74, 6) is 5.65. The standard InChI is InChI=1S/C28H33NO4S/c1-21(9-4-2-5-10-22-11-6-3-7-12-22)25(30)17-14-23-15-19-27(31)29(23)20-8-13-24-16-18-26(34-24)28(32)33/h3,6-7,11-12,14,16-18,21,23,25,30H,5,8-10,13,15,19-20H2,1H3,(H,32,33)/t21-,23-,25-/m0/s1. The zero-order valence-electron chi connectivity index (χ0n) is 19.7. The molecule has 5 nitrogen and oxygen atoms in total.